The summed E-state index contributed by atoms with van der Waals surface area (Å²) in [6, 6.07) is 11.4. The second kappa shape index (κ2) is 9.45. The first kappa shape index (κ1) is 24.0. The van der Waals surface area contributed by atoms with E-state index in [0.717, 1.165) is 30.3 Å². The SMILES string of the molecule is O=C(COc1ccc(C(F)(F)F)cc1)Nc1ccc(NS(=O)(=O)c2ccc(F)c(F)c2)cc1. The lowest BCUT2D eigenvalue weighted by atomic mass is 10.2. The van der Waals surface area contributed by atoms with Crippen LogP contribution in [-0.4, -0.2) is 20.9 Å². The Morgan fingerprint density at radius 3 is 2.03 bits per heavy atom. The zero-order valence-corrected chi connectivity index (χ0v) is 17.3. The van der Waals surface area contributed by atoms with E-state index in [1.54, 1.807) is 0 Å². The molecule has 0 aliphatic carbocycles. The van der Waals surface area contributed by atoms with Crippen LogP contribution in [-0.2, 0) is 21.0 Å². The molecule has 12 heteroatoms. The summed E-state index contributed by atoms with van der Waals surface area (Å²) in [6.07, 6.45) is -4.48. The van der Waals surface area contributed by atoms with Gasteiger partial charge in [-0.2, -0.15) is 13.2 Å². The molecule has 0 saturated carbocycles. The van der Waals surface area contributed by atoms with Gasteiger partial charge >= 0.3 is 6.18 Å². The molecule has 0 atom stereocenters. The van der Waals surface area contributed by atoms with E-state index in [0.29, 0.717) is 12.1 Å². The molecule has 0 saturated heterocycles. The summed E-state index contributed by atoms with van der Waals surface area (Å²) in [5.41, 5.74) is -0.467. The number of hydrogen-bond donors (Lipinski definition) is 2. The average Bonchev–Trinajstić information content (AvgIpc) is 2.75. The molecule has 3 aromatic rings. The molecule has 6 nitrogen and oxygen atoms in total. The van der Waals surface area contributed by atoms with Crippen LogP contribution in [0.15, 0.2) is 71.6 Å². The van der Waals surface area contributed by atoms with Gasteiger partial charge in [0.2, 0.25) is 0 Å². The zero-order chi connectivity index (χ0) is 24.2. The van der Waals surface area contributed by atoms with Crippen molar-refractivity contribution in [1.82, 2.24) is 0 Å². The standard InChI is InChI=1S/C21H15F5N2O4S/c22-18-10-9-17(11-19(18)23)33(30,31)28-15-5-3-14(4-6-15)27-20(29)12-32-16-7-1-13(2-8-16)21(24,25)26/h1-11,28H,12H2,(H,27,29). The normalized spacial score (nSPS) is 11.7. The molecule has 0 fully saturated rings. The van der Waals surface area contributed by atoms with Gasteiger partial charge in [0, 0.05) is 11.4 Å². The predicted molar refractivity (Wildman–Crippen MR) is 109 cm³/mol. The highest BCUT2D eigenvalue weighted by Crippen LogP contribution is 2.30. The fourth-order valence-corrected chi connectivity index (χ4v) is 3.64. The molecule has 0 spiro atoms. The number of amides is 1. The summed E-state index contributed by atoms with van der Waals surface area (Å²) in [5, 5.41) is 2.47. The summed E-state index contributed by atoms with van der Waals surface area (Å²) in [6.45, 7) is -0.476. The van der Waals surface area contributed by atoms with Crippen molar-refractivity contribution in [2.24, 2.45) is 0 Å². The van der Waals surface area contributed by atoms with Gasteiger partial charge in [-0.25, -0.2) is 17.2 Å². The maximum atomic E-state index is 13.3. The molecule has 0 radical (unpaired) electrons. The highest BCUT2D eigenvalue weighted by Gasteiger charge is 2.30. The number of halogens is 5. The lowest BCUT2D eigenvalue weighted by Crippen LogP contribution is -2.20. The number of carbonyl (C=O) groups excluding carboxylic acids is 1. The van der Waals surface area contributed by atoms with Crippen molar-refractivity contribution in [2.45, 2.75) is 11.1 Å². The van der Waals surface area contributed by atoms with E-state index in [9.17, 15) is 35.2 Å². The van der Waals surface area contributed by atoms with Gasteiger partial charge < -0.3 is 10.1 Å². The zero-order valence-electron chi connectivity index (χ0n) is 16.5. The third kappa shape index (κ3) is 6.42. The molecule has 174 valence electrons. The lowest BCUT2D eigenvalue weighted by molar-refractivity contribution is -0.137. The Balaban J connectivity index is 1.55. The van der Waals surface area contributed by atoms with Crippen LogP contribution < -0.4 is 14.8 Å². The smallest absolute Gasteiger partial charge is 0.416 e. The van der Waals surface area contributed by atoms with Gasteiger partial charge in [0.05, 0.1) is 10.5 Å². The molecule has 0 aliphatic heterocycles. The molecule has 3 rings (SSSR count). The Kier molecular flexibility index (Phi) is 6.86. The molecular weight excluding hydrogens is 471 g/mol. The summed E-state index contributed by atoms with van der Waals surface area (Å²) in [7, 11) is -4.17. The first-order valence-corrected chi connectivity index (χ1v) is 10.6. The van der Waals surface area contributed by atoms with Crippen molar-refractivity contribution in [2.75, 3.05) is 16.6 Å². The van der Waals surface area contributed by atoms with Crippen molar-refractivity contribution in [1.29, 1.82) is 0 Å². The Labute approximate surface area is 185 Å². The largest absolute Gasteiger partial charge is 0.484 e. The average molecular weight is 486 g/mol. The van der Waals surface area contributed by atoms with Crippen LogP contribution >= 0.6 is 0 Å². The van der Waals surface area contributed by atoms with Crippen molar-refractivity contribution in [3.63, 3.8) is 0 Å². The van der Waals surface area contributed by atoms with Crippen LogP contribution in [0, 0.1) is 11.6 Å². The van der Waals surface area contributed by atoms with Gasteiger partial charge in [0.15, 0.2) is 18.2 Å². The highest BCUT2D eigenvalue weighted by atomic mass is 32.2. The number of sulfonamides is 1. The van der Waals surface area contributed by atoms with E-state index in [2.05, 4.69) is 10.0 Å². The molecule has 0 heterocycles. The fourth-order valence-electron chi connectivity index (χ4n) is 2.57. The molecule has 2 N–H and O–H groups in total. The molecule has 1 amide bonds. The van der Waals surface area contributed by atoms with Crippen LogP contribution in [0.3, 0.4) is 0 Å². The fraction of sp³-hybridized carbons (Fsp3) is 0.0952. The summed E-state index contributed by atoms with van der Waals surface area (Å²) in [5.74, 6) is -3.03. The number of hydrogen-bond acceptors (Lipinski definition) is 4. The molecule has 0 aromatic heterocycles. The summed E-state index contributed by atoms with van der Waals surface area (Å²) >= 11 is 0. The number of ether oxygens (including phenoxy) is 1. The van der Waals surface area contributed by atoms with Gasteiger partial charge in [0.25, 0.3) is 15.9 Å². The monoisotopic (exact) mass is 486 g/mol. The van der Waals surface area contributed by atoms with Gasteiger partial charge in [-0.15, -0.1) is 0 Å². The first-order valence-electron chi connectivity index (χ1n) is 9.12. The molecular formula is C21H15F5N2O4S. The van der Waals surface area contributed by atoms with E-state index in [1.807, 2.05) is 0 Å². The molecule has 0 unspecified atom stereocenters. The van der Waals surface area contributed by atoms with Crippen molar-refractivity contribution >= 4 is 27.3 Å². The van der Waals surface area contributed by atoms with Gasteiger partial charge in [0.1, 0.15) is 5.75 Å². The molecule has 0 aliphatic rings. The number of carbonyl (C=O) groups is 1. The summed E-state index contributed by atoms with van der Waals surface area (Å²) in [4.78, 5) is 11.5. The van der Waals surface area contributed by atoms with Gasteiger partial charge in [-0.05, 0) is 66.7 Å². The van der Waals surface area contributed by atoms with E-state index in [4.69, 9.17) is 4.74 Å². The number of benzene rings is 3. The minimum atomic E-state index is -4.48. The maximum absolute atomic E-state index is 13.3. The lowest BCUT2D eigenvalue weighted by Gasteiger charge is -2.11. The third-order valence-electron chi connectivity index (χ3n) is 4.17. The number of rotatable bonds is 7. The van der Waals surface area contributed by atoms with Crippen molar-refractivity contribution in [3.8, 4) is 5.75 Å². The van der Waals surface area contributed by atoms with Gasteiger partial charge in [-0.1, -0.05) is 0 Å². The van der Waals surface area contributed by atoms with E-state index in [-0.39, 0.29) is 17.1 Å². The molecule has 33 heavy (non-hydrogen) atoms. The highest BCUT2D eigenvalue weighted by molar-refractivity contribution is 7.92. The Morgan fingerprint density at radius 1 is 0.848 bits per heavy atom. The van der Waals surface area contributed by atoms with Crippen molar-refractivity contribution in [3.05, 3.63) is 83.9 Å². The maximum Gasteiger partial charge on any atom is 0.416 e. The number of anilines is 2. The third-order valence-corrected chi connectivity index (χ3v) is 5.55. The minimum absolute atomic E-state index is 0.0696. The Bertz CT molecular complexity index is 1250. The van der Waals surface area contributed by atoms with Crippen LogP contribution in [0.4, 0.5) is 33.3 Å². The quantitative estimate of drug-likeness (QED) is 0.470. The Hall–Kier alpha value is -3.67. The predicted octanol–water partition coefficient (Wildman–Crippen LogP) is 4.80. The number of nitrogens with one attached hydrogen (secondary N) is 2. The minimum Gasteiger partial charge on any atom is -0.484 e. The van der Waals surface area contributed by atoms with E-state index in [1.165, 1.54) is 24.3 Å². The van der Waals surface area contributed by atoms with Crippen LogP contribution in [0.1, 0.15) is 5.56 Å². The van der Waals surface area contributed by atoms with Gasteiger partial charge in [-0.3, -0.25) is 9.52 Å². The topological polar surface area (TPSA) is 84.5 Å². The molecule has 3 aromatic carbocycles. The van der Waals surface area contributed by atoms with E-state index >= 15 is 0 Å². The first-order chi connectivity index (χ1) is 15.4. The van der Waals surface area contributed by atoms with Crippen LogP contribution in [0.2, 0.25) is 0 Å². The molecule has 0 bridgehead atoms. The van der Waals surface area contributed by atoms with Crippen LogP contribution in [0.5, 0.6) is 5.75 Å². The van der Waals surface area contributed by atoms with Crippen LogP contribution in [0.25, 0.3) is 0 Å². The van der Waals surface area contributed by atoms with E-state index < -0.39 is 50.8 Å². The summed E-state index contributed by atoms with van der Waals surface area (Å²) < 4.78 is 95.8. The Morgan fingerprint density at radius 2 is 1.45 bits per heavy atom. The second-order valence-electron chi connectivity index (χ2n) is 6.62. The second-order valence-corrected chi connectivity index (χ2v) is 8.30. The number of alkyl halides is 3. The van der Waals surface area contributed by atoms with Crippen molar-refractivity contribution < 1.29 is 39.9 Å².